The van der Waals surface area contributed by atoms with Crippen LogP contribution in [0, 0.1) is 5.92 Å². The highest BCUT2D eigenvalue weighted by molar-refractivity contribution is 7.99. The van der Waals surface area contributed by atoms with Gasteiger partial charge in [0.1, 0.15) is 4.90 Å². The van der Waals surface area contributed by atoms with Gasteiger partial charge in [0, 0.05) is 65.7 Å². The summed E-state index contributed by atoms with van der Waals surface area (Å²) in [5.74, 6) is -0.745. The van der Waals surface area contributed by atoms with Gasteiger partial charge in [-0.15, -0.1) is 11.8 Å². The molecule has 2 atom stereocenters. The topological polar surface area (TPSA) is 145 Å². The molecule has 0 saturated carbocycles. The zero-order valence-corrected chi connectivity index (χ0v) is 45.1. The van der Waals surface area contributed by atoms with Gasteiger partial charge in [0.25, 0.3) is 25.8 Å². The Morgan fingerprint density at radius 3 is 2.14 bits per heavy atom. The number of anilines is 2. The van der Waals surface area contributed by atoms with Gasteiger partial charge in [0.2, 0.25) is 0 Å². The Morgan fingerprint density at radius 2 is 1.52 bits per heavy atom. The molecule has 384 valence electrons. The maximum atomic E-state index is 14.3. The highest BCUT2D eigenvalue weighted by Gasteiger charge is 2.48. The first kappa shape index (κ1) is 55.9. The lowest BCUT2D eigenvalue weighted by Gasteiger charge is -2.37. The number of alkyl halides is 3. The molecule has 1 unspecified atom stereocenters. The van der Waals surface area contributed by atoms with E-state index < -0.39 is 67.2 Å². The van der Waals surface area contributed by atoms with Crippen molar-refractivity contribution in [2.24, 2.45) is 5.92 Å². The summed E-state index contributed by atoms with van der Waals surface area (Å²) in [4.78, 5) is 16.4. The quantitative estimate of drug-likeness (QED) is 0.0477. The number of rotatable bonds is 21. The van der Waals surface area contributed by atoms with Crippen molar-refractivity contribution in [3.05, 3.63) is 137 Å². The molecule has 5 aromatic carbocycles. The maximum absolute atomic E-state index is 14.3. The van der Waals surface area contributed by atoms with Crippen LogP contribution in [0.5, 0.6) is 0 Å². The number of aliphatic hydroxyl groups excluding tert-OH is 1. The van der Waals surface area contributed by atoms with Crippen molar-refractivity contribution in [2.75, 3.05) is 55.3 Å². The predicted octanol–water partition coefficient (Wildman–Crippen LogP) is 11.7. The number of carbonyl (C=O) groups is 1. The number of hydrogen-bond donors (Lipinski definition) is 3. The van der Waals surface area contributed by atoms with E-state index in [4.69, 9.17) is 16.0 Å². The lowest BCUT2D eigenvalue weighted by Crippen LogP contribution is -2.43. The Kier molecular flexibility index (Phi) is 18.6. The molecule has 19 heteroatoms. The molecule has 0 radical (unpaired) electrons. The second-order valence-electron chi connectivity index (χ2n) is 19.2. The van der Waals surface area contributed by atoms with Crippen LogP contribution >= 0.6 is 23.4 Å². The summed E-state index contributed by atoms with van der Waals surface area (Å²) in [5, 5.41) is 15.2. The van der Waals surface area contributed by atoms with Crippen molar-refractivity contribution in [3.63, 3.8) is 0 Å². The number of nitrogens with one attached hydrogen (secondary N) is 2. The smallest absolute Gasteiger partial charge is 0.416 e. The second kappa shape index (κ2) is 23.6. The predicted molar refractivity (Wildman–Crippen MR) is 282 cm³/mol. The summed E-state index contributed by atoms with van der Waals surface area (Å²) in [6.45, 7) is 16.3. The number of benzene rings is 5. The second-order valence-corrected chi connectivity index (χ2v) is 29.2. The number of hydrogen-bond acceptors (Lipinski definition) is 11. The van der Waals surface area contributed by atoms with E-state index in [0.717, 1.165) is 39.4 Å². The molecule has 3 N–H and O–H groups in total. The van der Waals surface area contributed by atoms with E-state index in [-0.39, 0.29) is 16.5 Å². The average molecular weight is 1070 g/mol. The first-order valence-electron chi connectivity index (χ1n) is 23.6. The van der Waals surface area contributed by atoms with Crippen molar-refractivity contribution in [1.29, 1.82) is 0 Å². The number of sulfonamides is 1. The van der Waals surface area contributed by atoms with Gasteiger partial charge in [-0.1, -0.05) is 93.9 Å². The Hall–Kier alpha value is -4.40. The SMILES string of the molecule is CCN(CCO[Si](C)(C)C(C)(C)C)CCC(CSc1ccccc1)Nc1ccc(S(=O)(=O)NC(=O)c2ccc(N3CCC([C@@H](O)c4ccccc4-c4ccc(Cl)cc4)CC3)cc2)cc1S(=O)(=O)C(F)(F)F. The van der Waals surface area contributed by atoms with Crippen LogP contribution in [0.1, 0.15) is 69.0 Å². The van der Waals surface area contributed by atoms with E-state index >= 15 is 0 Å². The summed E-state index contributed by atoms with van der Waals surface area (Å²) < 4.78 is 105. The van der Waals surface area contributed by atoms with E-state index in [1.165, 1.54) is 23.9 Å². The molecule has 1 aliphatic rings. The molecule has 1 amide bonds. The molecule has 1 fully saturated rings. The fraction of sp³-hybridized carbons (Fsp3) is 0.404. The number of carbonyl (C=O) groups excluding carboxylic acids is 1. The van der Waals surface area contributed by atoms with E-state index in [2.05, 4.69) is 49.0 Å². The van der Waals surface area contributed by atoms with Crippen LogP contribution in [0.4, 0.5) is 24.5 Å². The standard InChI is InChI=1S/C52H64ClF3N4O7S3Si/c1-7-59(33-34-67-71(5,6)51(2,3)4)30-29-41(36-68-43-13-9-8-10-14-43)57-47-26-25-44(35-48(47)69(63,64)52(54,55)56)70(65,66)58-50(62)39-19-23-42(24-20-39)60-31-27-38(28-32-60)49(61)46-16-12-11-15-45(46)37-17-21-40(53)22-18-37/h8-26,35,38,41,49,57,61H,7,27-34,36H2,1-6H3,(H,58,62)/t41?,49-/m1/s1. The first-order valence-corrected chi connectivity index (χ1v) is 30.8. The number of likely N-dealkylation sites (N-methyl/N-ethyl adjacent to an activating group) is 1. The molecular formula is C52H64ClF3N4O7S3Si. The van der Waals surface area contributed by atoms with E-state index in [1.807, 2.05) is 90.5 Å². The molecule has 0 aromatic heterocycles. The summed E-state index contributed by atoms with van der Waals surface area (Å²) in [7, 11) is -13.0. The van der Waals surface area contributed by atoms with Crippen LogP contribution in [0.25, 0.3) is 11.1 Å². The Bertz CT molecular complexity index is 2790. The Labute approximate surface area is 427 Å². The molecule has 1 saturated heterocycles. The third kappa shape index (κ3) is 14.4. The van der Waals surface area contributed by atoms with Gasteiger partial charge in [-0.25, -0.2) is 21.6 Å². The summed E-state index contributed by atoms with van der Waals surface area (Å²) in [6.07, 6.45) is 1.04. The Balaban J connectivity index is 1.14. The van der Waals surface area contributed by atoms with Crippen molar-refractivity contribution in [1.82, 2.24) is 9.62 Å². The number of halogens is 4. The monoisotopic (exact) mass is 1070 g/mol. The van der Waals surface area contributed by atoms with Gasteiger partial charge in [0.15, 0.2) is 8.32 Å². The largest absolute Gasteiger partial charge is 0.501 e. The zero-order valence-electron chi connectivity index (χ0n) is 40.9. The lowest BCUT2D eigenvalue weighted by molar-refractivity contribution is -0.0435. The lowest BCUT2D eigenvalue weighted by atomic mass is 9.84. The van der Waals surface area contributed by atoms with Crippen LogP contribution < -0.4 is 14.9 Å². The third-order valence-electron chi connectivity index (χ3n) is 13.5. The van der Waals surface area contributed by atoms with E-state index in [9.17, 15) is 39.9 Å². The fourth-order valence-electron chi connectivity index (χ4n) is 8.12. The minimum Gasteiger partial charge on any atom is -0.416 e. The summed E-state index contributed by atoms with van der Waals surface area (Å²) in [6, 6.07) is 32.6. The molecule has 0 spiro atoms. The van der Waals surface area contributed by atoms with Crippen LogP contribution in [0.3, 0.4) is 0 Å². The van der Waals surface area contributed by atoms with Crippen molar-refractivity contribution in [2.45, 2.75) is 97.4 Å². The van der Waals surface area contributed by atoms with Crippen LogP contribution in [-0.2, 0) is 24.3 Å². The Morgan fingerprint density at radius 1 is 0.887 bits per heavy atom. The zero-order chi connectivity index (χ0) is 51.8. The fourth-order valence-corrected chi connectivity index (χ4v) is 12.3. The van der Waals surface area contributed by atoms with E-state index in [0.29, 0.717) is 75.4 Å². The molecule has 0 bridgehead atoms. The van der Waals surface area contributed by atoms with Crippen LogP contribution in [0.2, 0.25) is 23.2 Å². The highest BCUT2D eigenvalue weighted by Crippen LogP contribution is 2.40. The van der Waals surface area contributed by atoms with Gasteiger partial charge in [-0.2, -0.15) is 13.2 Å². The molecule has 1 heterocycles. The highest BCUT2D eigenvalue weighted by atomic mass is 35.5. The van der Waals surface area contributed by atoms with Gasteiger partial charge in [-0.05, 0) is 133 Å². The van der Waals surface area contributed by atoms with Crippen LogP contribution in [-0.4, -0.2) is 97.7 Å². The third-order valence-corrected chi connectivity index (χ3v) is 22.3. The van der Waals surface area contributed by atoms with Gasteiger partial charge < -0.3 is 24.6 Å². The molecule has 0 aliphatic carbocycles. The first-order chi connectivity index (χ1) is 33.4. The summed E-state index contributed by atoms with van der Waals surface area (Å²) >= 11 is 7.55. The van der Waals surface area contributed by atoms with Crippen molar-refractivity contribution < 1.29 is 44.3 Å². The number of piperidine rings is 1. The minimum absolute atomic E-state index is 0.0217. The molecule has 1 aliphatic heterocycles. The van der Waals surface area contributed by atoms with Crippen molar-refractivity contribution in [3.8, 4) is 11.1 Å². The number of thioether (sulfide) groups is 1. The maximum Gasteiger partial charge on any atom is 0.501 e. The molecule has 11 nitrogen and oxygen atoms in total. The number of sulfone groups is 1. The molecule has 6 rings (SSSR count). The summed E-state index contributed by atoms with van der Waals surface area (Å²) in [5.41, 5.74) is -2.77. The number of amides is 1. The van der Waals surface area contributed by atoms with Crippen molar-refractivity contribution >= 4 is 68.8 Å². The molecule has 71 heavy (non-hydrogen) atoms. The minimum atomic E-state index is -6.10. The van der Waals surface area contributed by atoms with Gasteiger partial charge >= 0.3 is 5.51 Å². The number of aliphatic hydroxyl groups is 1. The van der Waals surface area contributed by atoms with Gasteiger partial charge in [0.05, 0.1) is 16.7 Å². The van der Waals surface area contributed by atoms with E-state index in [1.54, 1.807) is 12.1 Å². The normalized spacial score (nSPS) is 15.1. The average Bonchev–Trinajstić information content (AvgIpc) is 3.33. The molecule has 5 aromatic rings. The van der Waals surface area contributed by atoms with Crippen LogP contribution in [0.15, 0.2) is 136 Å². The molecular weight excluding hydrogens is 1010 g/mol. The van der Waals surface area contributed by atoms with Gasteiger partial charge in [-0.3, -0.25) is 4.79 Å². The number of nitrogens with zero attached hydrogens (tertiary/aromatic N) is 2.